The minimum absolute atomic E-state index is 0.199. The molecule has 0 aliphatic heterocycles. The van der Waals surface area contributed by atoms with Crippen LogP contribution in [0.1, 0.15) is 10.4 Å². The maximum atomic E-state index is 12.7. The summed E-state index contributed by atoms with van der Waals surface area (Å²) >= 11 is 5.83. The third kappa shape index (κ3) is 3.81. The SMILES string of the molecule is COc1cncc(-c2ccccc2-n2ncc(C(=O)Nc3ccc(Cl)cn3)c2N)c1. The van der Waals surface area contributed by atoms with Crippen LogP contribution in [-0.4, -0.2) is 32.8 Å². The topological polar surface area (TPSA) is 108 Å². The molecule has 0 aliphatic carbocycles. The van der Waals surface area contributed by atoms with E-state index in [0.29, 0.717) is 22.3 Å². The van der Waals surface area contributed by atoms with Gasteiger partial charge in [0.1, 0.15) is 22.9 Å². The number of anilines is 2. The molecule has 9 heteroatoms. The van der Waals surface area contributed by atoms with Crippen molar-refractivity contribution in [3.8, 4) is 22.6 Å². The van der Waals surface area contributed by atoms with E-state index < -0.39 is 5.91 Å². The van der Waals surface area contributed by atoms with Gasteiger partial charge in [-0.05, 0) is 24.3 Å². The number of amides is 1. The zero-order valence-electron chi connectivity index (χ0n) is 15.9. The third-order valence-electron chi connectivity index (χ3n) is 4.41. The van der Waals surface area contributed by atoms with Crippen molar-refractivity contribution in [2.45, 2.75) is 0 Å². The fraction of sp³-hybridized carbons (Fsp3) is 0.0476. The van der Waals surface area contributed by atoms with E-state index in [1.165, 1.54) is 17.1 Å². The maximum Gasteiger partial charge on any atom is 0.262 e. The summed E-state index contributed by atoms with van der Waals surface area (Å²) in [6, 6.07) is 12.7. The monoisotopic (exact) mass is 420 g/mol. The number of methoxy groups -OCH3 is 1. The van der Waals surface area contributed by atoms with E-state index in [1.54, 1.807) is 31.6 Å². The van der Waals surface area contributed by atoms with Gasteiger partial charge in [-0.1, -0.05) is 29.8 Å². The molecule has 0 aliphatic rings. The van der Waals surface area contributed by atoms with E-state index in [1.807, 2.05) is 30.3 Å². The van der Waals surface area contributed by atoms with Crippen molar-refractivity contribution in [2.75, 3.05) is 18.2 Å². The maximum absolute atomic E-state index is 12.7. The average molecular weight is 421 g/mol. The Bertz CT molecular complexity index is 1210. The highest BCUT2D eigenvalue weighted by Crippen LogP contribution is 2.30. The smallest absolute Gasteiger partial charge is 0.262 e. The summed E-state index contributed by atoms with van der Waals surface area (Å²) in [5, 5.41) is 7.49. The lowest BCUT2D eigenvalue weighted by Gasteiger charge is -2.12. The number of ether oxygens (including phenoxy) is 1. The van der Waals surface area contributed by atoms with Crippen molar-refractivity contribution in [3.63, 3.8) is 0 Å². The van der Waals surface area contributed by atoms with Gasteiger partial charge in [0, 0.05) is 23.5 Å². The number of nitrogen functional groups attached to an aromatic ring is 1. The highest BCUT2D eigenvalue weighted by molar-refractivity contribution is 6.30. The molecule has 1 aromatic carbocycles. The lowest BCUT2D eigenvalue weighted by atomic mass is 10.1. The lowest BCUT2D eigenvalue weighted by Crippen LogP contribution is -2.15. The molecule has 3 heterocycles. The van der Waals surface area contributed by atoms with E-state index >= 15 is 0 Å². The van der Waals surface area contributed by atoms with Crippen LogP contribution >= 0.6 is 11.6 Å². The van der Waals surface area contributed by atoms with Gasteiger partial charge in [0.2, 0.25) is 0 Å². The highest BCUT2D eigenvalue weighted by Gasteiger charge is 2.19. The number of halogens is 1. The predicted octanol–water partition coefficient (Wildman–Crippen LogP) is 3.83. The predicted molar refractivity (Wildman–Crippen MR) is 115 cm³/mol. The molecule has 1 amide bonds. The number of nitrogens with one attached hydrogen (secondary N) is 1. The molecule has 0 saturated carbocycles. The minimum Gasteiger partial charge on any atom is -0.495 e. The third-order valence-corrected chi connectivity index (χ3v) is 4.64. The van der Waals surface area contributed by atoms with E-state index in [9.17, 15) is 4.79 Å². The number of rotatable bonds is 5. The number of hydrogen-bond acceptors (Lipinski definition) is 6. The zero-order valence-corrected chi connectivity index (χ0v) is 16.7. The Balaban J connectivity index is 1.69. The van der Waals surface area contributed by atoms with Crippen LogP contribution in [0.25, 0.3) is 16.8 Å². The number of para-hydroxylation sites is 1. The van der Waals surface area contributed by atoms with E-state index in [0.717, 1.165) is 11.1 Å². The van der Waals surface area contributed by atoms with Gasteiger partial charge in [-0.25, -0.2) is 9.67 Å². The molecule has 3 aromatic heterocycles. The first-order valence-electron chi connectivity index (χ1n) is 8.92. The summed E-state index contributed by atoms with van der Waals surface area (Å²) in [5.41, 5.74) is 8.87. The van der Waals surface area contributed by atoms with Crippen molar-refractivity contribution in [2.24, 2.45) is 0 Å². The van der Waals surface area contributed by atoms with Crippen molar-refractivity contribution in [1.29, 1.82) is 0 Å². The van der Waals surface area contributed by atoms with Gasteiger partial charge in [-0.2, -0.15) is 5.10 Å². The Labute approximate surface area is 177 Å². The van der Waals surface area contributed by atoms with Crippen LogP contribution in [0.5, 0.6) is 5.75 Å². The molecule has 30 heavy (non-hydrogen) atoms. The van der Waals surface area contributed by atoms with E-state index in [4.69, 9.17) is 22.1 Å². The molecule has 0 spiro atoms. The fourth-order valence-electron chi connectivity index (χ4n) is 2.94. The van der Waals surface area contributed by atoms with E-state index in [2.05, 4.69) is 20.4 Å². The van der Waals surface area contributed by atoms with Crippen LogP contribution in [-0.2, 0) is 0 Å². The second kappa shape index (κ2) is 8.22. The summed E-state index contributed by atoms with van der Waals surface area (Å²) < 4.78 is 6.78. The first kappa shape index (κ1) is 19.4. The van der Waals surface area contributed by atoms with Crippen LogP contribution in [0.2, 0.25) is 5.02 Å². The Morgan fingerprint density at radius 2 is 1.97 bits per heavy atom. The molecule has 0 fully saturated rings. The molecular weight excluding hydrogens is 404 g/mol. The van der Waals surface area contributed by atoms with Crippen molar-refractivity contribution < 1.29 is 9.53 Å². The number of benzene rings is 1. The second-order valence-electron chi connectivity index (χ2n) is 6.30. The first-order chi connectivity index (χ1) is 14.6. The number of carbonyl (C=O) groups is 1. The Morgan fingerprint density at radius 3 is 2.73 bits per heavy atom. The molecule has 3 N–H and O–H groups in total. The standard InChI is InChI=1S/C21H17ClN6O2/c1-30-15-8-13(9-24-11-15)16-4-2-3-5-18(16)28-20(23)17(12-26-28)21(29)27-19-7-6-14(22)10-25-19/h2-12H,23H2,1H3,(H,25,27,29). The van der Waals surface area contributed by atoms with Gasteiger partial charge in [-0.15, -0.1) is 0 Å². The number of nitrogens with zero attached hydrogens (tertiary/aromatic N) is 4. The molecule has 0 atom stereocenters. The zero-order chi connectivity index (χ0) is 21.1. The average Bonchev–Trinajstić information content (AvgIpc) is 3.16. The first-order valence-corrected chi connectivity index (χ1v) is 9.30. The van der Waals surface area contributed by atoms with Crippen LogP contribution < -0.4 is 15.8 Å². The largest absolute Gasteiger partial charge is 0.495 e. The van der Waals surface area contributed by atoms with Gasteiger partial charge in [0.05, 0.1) is 30.2 Å². The second-order valence-corrected chi connectivity index (χ2v) is 6.74. The number of carbonyl (C=O) groups excluding carboxylic acids is 1. The Hall–Kier alpha value is -3.91. The molecule has 150 valence electrons. The molecule has 0 bridgehead atoms. The lowest BCUT2D eigenvalue weighted by molar-refractivity contribution is 0.102. The summed E-state index contributed by atoms with van der Waals surface area (Å²) in [7, 11) is 1.58. The minimum atomic E-state index is -0.422. The Kier molecular flexibility index (Phi) is 5.32. The van der Waals surface area contributed by atoms with E-state index in [-0.39, 0.29) is 11.4 Å². The summed E-state index contributed by atoms with van der Waals surface area (Å²) in [6.07, 6.45) is 6.21. The Morgan fingerprint density at radius 1 is 1.13 bits per heavy atom. The summed E-state index contributed by atoms with van der Waals surface area (Å²) in [6.45, 7) is 0. The van der Waals surface area contributed by atoms with Crippen LogP contribution in [0.3, 0.4) is 0 Å². The van der Waals surface area contributed by atoms with Gasteiger partial charge < -0.3 is 15.8 Å². The molecule has 0 saturated heterocycles. The number of aromatic nitrogens is 4. The van der Waals surface area contributed by atoms with Crippen LogP contribution in [0, 0.1) is 0 Å². The van der Waals surface area contributed by atoms with Gasteiger partial charge in [0.25, 0.3) is 5.91 Å². The van der Waals surface area contributed by atoms with Gasteiger partial charge in [0.15, 0.2) is 0 Å². The normalized spacial score (nSPS) is 10.6. The summed E-state index contributed by atoms with van der Waals surface area (Å²) in [5.74, 6) is 0.768. The number of hydrogen-bond donors (Lipinski definition) is 2. The highest BCUT2D eigenvalue weighted by atomic mass is 35.5. The van der Waals surface area contributed by atoms with Crippen molar-refractivity contribution >= 4 is 29.1 Å². The van der Waals surface area contributed by atoms with Gasteiger partial charge in [-0.3, -0.25) is 9.78 Å². The van der Waals surface area contributed by atoms with Crippen LogP contribution in [0.15, 0.2) is 67.3 Å². The molecule has 8 nitrogen and oxygen atoms in total. The number of nitrogens with two attached hydrogens (primary N) is 1. The molecular formula is C21H17ClN6O2. The van der Waals surface area contributed by atoms with Crippen molar-refractivity contribution in [1.82, 2.24) is 19.7 Å². The fourth-order valence-corrected chi connectivity index (χ4v) is 3.05. The number of pyridine rings is 2. The van der Waals surface area contributed by atoms with Crippen molar-refractivity contribution in [3.05, 3.63) is 77.8 Å². The molecule has 0 unspecified atom stereocenters. The molecule has 4 aromatic rings. The summed E-state index contributed by atoms with van der Waals surface area (Å²) in [4.78, 5) is 20.9. The molecule has 4 rings (SSSR count). The van der Waals surface area contributed by atoms with Gasteiger partial charge >= 0.3 is 0 Å². The molecule has 0 radical (unpaired) electrons. The quantitative estimate of drug-likeness (QED) is 0.508. The van der Waals surface area contributed by atoms with Crippen LogP contribution in [0.4, 0.5) is 11.6 Å².